The lowest BCUT2D eigenvalue weighted by atomic mass is 10.0. The average Bonchev–Trinajstić information content (AvgIpc) is 3.32. The van der Waals surface area contributed by atoms with Gasteiger partial charge in [-0.2, -0.15) is 0 Å². The first-order valence-electron chi connectivity index (χ1n) is 8.95. The maximum atomic E-state index is 12.1. The predicted molar refractivity (Wildman–Crippen MR) is 104 cm³/mol. The molecule has 1 atom stereocenters. The third kappa shape index (κ3) is 3.32. The first kappa shape index (κ1) is 18.7. The number of hydrogen-bond donors (Lipinski definition) is 1. The Bertz CT molecular complexity index is 1190. The summed E-state index contributed by atoms with van der Waals surface area (Å²) in [6.07, 6.45) is 5.16. The van der Waals surface area contributed by atoms with Crippen molar-refractivity contribution in [3.05, 3.63) is 54.1 Å². The van der Waals surface area contributed by atoms with Crippen LogP contribution in [0.1, 0.15) is 22.5 Å². The van der Waals surface area contributed by atoms with E-state index in [9.17, 15) is 14.7 Å². The first-order valence-corrected chi connectivity index (χ1v) is 8.95. The van der Waals surface area contributed by atoms with Gasteiger partial charge < -0.3 is 19.1 Å². The van der Waals surface area contributed by atoms with Crippen LogP contribution in [0.5, 0.6) is 0 Å². The van der Waals surface area contributed by atoms with Crippen molar-refractivity contribution < 1.29 is 19.4 Å². The summed E-state index contributed by atoms with van der Waals surface area (Å²) >= 11 is 0. The van der Waals surface area contributed by atoms with E-state index in [1.807, 2.05) is 6.07 Å². The minimum atomic E-state index is -1.66. The van der Waals surface area contributed by atoms with E-state index < -0.39 is 17.5 Å². The van der Waals surface area contributed by atoms with Gasteiger partial charge in [0.15, 0.2) is 11.3 Å². The van der Waals surface area contributed by atoms with Crippen molar-refractivity contribution in [3.8, 4) is 23.1 Å². The minimum Gasteiger partial charge on any atom is -0.464 e. The SMILES string of the molecule is COC(=O)c1cn2ccnc2c(-c2cccc(C#CC3(O)CCN(C)C3=O)c2)n1. The van der Waals surface area contributed by atoms with Gasteiger partial charge in [-0.05, 0) is 12.1 Å². The number of carbonyl (C=O) groups is 2. The van der Waals surface area contributed by atoms with Crippen molar-refractivity contribution in [1.29, 1.82) is 0 Å². The fourth-order valence-electron chi connectivity index (χ4n) is 3.22. The summed E-state index contributed by atoms with van der Waals surface area (Å²) < 4.78 is 6.48. The maximum absolute atomic E-state index is 12.1. The molecule has 8 nitrogen and oxygen atoms in total. The van der Waals surface area contributed by atoms with Crippen LogP contribution in [0.3, 0.4) is 0 Å². The number of imidazole rings is 1. The van der Waals surface area contributed by atoms with Gasteiger partial charge in [0.1, 0.15) is 5.69 Å². The van der Waals surface area contributed by atoms with E-state index >= 15 is 0 Å². The number of likely N-dealkylation sites (tertiary alicyclic amines) is 1. The van der Waals surface area contributed by atoms with Gasteiger partial charge in [-0.15, -0.1) is 0 Å². The molecule has 29 heavy (non-hydrogen) atoms. The molecule has 3 heterocycles. The number of aliphatic hydroxyl groups is 1. The molecule has 1 aliphatic heterocycles. The van der Waals surface area contributed by atoms with E-state index in [2.05, 4.69) is 21.8 Å². The second kappa shape index (κ2) is 7.04. The summed E-state index contributed by atoms with van der Waals surface area (Å²) in [6, 6.07) is 7.16. The van der Waals surface area contributed by atoms with Crippen molar-refractivity contribution in [1.82, 2.24) is 19.3 Å². The van der Waals surface area contributed by atoms with Gasteiger partial charge in [-0.25, -0.2) is 14.8 Å². The van der Waals surface area contributed by atoms with Crippen LogP contribution in [-0.2, 0) is 9.53 Å². The monoisotopic (exact) mass is 390 g/mol. The maximum Gasteiger partial charge on any atom is 0.358 e. The molecule has 1 fully saturated rings. The zero-order valence-electron chi connectivity index (χ0n) is 15.9. The third-order valence-corrected chi connectivity index (χ3v) is 4.83. The minimum absolute atomic E-state index is 0.151. The molecule has 1 saturated heterocycles. The quantitative estimate of drug-likeness (QED) is 0.520. The van der Waals surface area contributed by atoms with Crippen LogP contribution in [0.2, 0.25) is 0 Å². The average molecular weight is 390 g/mol. The van der Waals surface area contributed by atoms with Crippen LogP contribution in [0.4, 0.5) is 0 Å². The molecule has 3 aromatic rings. The molecule has 0 saturated carbocycles. The highest BCUT2D eigenvalue weighted by Gasteiger charge is 2.42. The zero-order chi connectivity index (χ0) is 20.6. The molecular formula is C21H18N4O4. The van der Waals surface area contributed by atoms with Gasteiger partial charge in [-0.1, -0.05) is 24.0 Å². The number of nitrogens with zero attached hydrogens (tertiary/aromatic N) is 4. The fourth-order valence-corrected chi connectivity index (χ4v) is 3.22. The summed E-state index contributed by atoms with van der Waals surface area (Å²) in [6.45, 7) is 0.464. The van der Waals surface area contributed by atoms with Crippen molar-refractivity contribution >= 4 is 17.5 Å². The predicted octanol–water partition coefficient (Wildman–Crippen LogP) is 1.13. The summed E-state index contributed by atoms with van der Waals surface area (Å²) in [5.41, 5.74) is 0.864. The van der Waals surface area contributed by atoms with Crippen LogP contribution in [0, 0.1) is 11.8 Å². The normalized spacial score (nSPS) is 18.6. The highest BCUT2D eigenvalue weighted by Crippen LogP contribution is 2.24. The van der Waals surface area contributed by atoms with Gasteiger partial charge in [0.2, 0.25) is 5.60 Å². The number of rotatable bonds is 2. The number of benzene rings is 1. The highest BCUT2D eigenvalue weighted by molar-refractivity contribution is 5.91. The number of hydrogen-bond acceptors (Lipinski definition) is 6. The number of likely N-dealkylation sites (N-methyl/N-ethyl adjacent to an activating group) is 1. The molecule has 0 aliphatic carbocycles. The van der Waals surface area contributed by atoms with Crippen LogP contribution in [0.15, 0.2) is 42.9 Å². The molecule has 0 radical (unpaired) electrons. The number of aromatic nitrogens is 3. The second-order valence-corrected chi connectivity index (χ2v) is 6.79. The second-order valence-electron chi connectivity index (χ2n) is 6.79. The first-order chi connectivity index (χ1) is 13.9. The van der Waals surface area contributed by atoms with Gasteiger partial charge in [-0.3, -0.25) is 4.79 Å². The van der Waals surface area contributed by atoms with Gasteiger partial charge in [0.05, 0.1) is 7.11 Å². The van der Waals surface area contributed by atoms with Gasteiger partial charge in [0.25, 0.3) is 5.91 Å². The third-order valence-electron chi connectivity index (χ3n) is 4.83. The van der Waals surface area contributed by atoms with Crippen molar-refractivity contribution in [2.75, 3.05) is 20.7 Å². The van der Waals surface area contributed by atoms with E-state index in [0.29, 0.717) is 29.0 Å². The van der Waals surface area contributed by atoms with Gasteiger partial charge in [0, 0.05) is 49.7 Å². The number of carbonyl (C=O) groups excluding carboxylic acids is 2. The molecule has 0 bridgehead atoms. The number of amides is 1. The lowest BCUT2D eigenvalue weighted by Gasteiger charge is -2.13. The Balaban J connectivity index is 1.76. The van der Waals surface area contributed by atoms with E-state index in [-0.39, 0.29) is 12.1 Å². The van der Waals surface area contributed by atoms with Crippen LogP contribution in [-0.4, -0.2) is 62.6 Å². The number of esters is 1. The smallest absolute Gasteiger partial charge is 0.358 e. The van der Waals surface area contributed by atoms with Crippen molar-refractivity contribution in [2.45, 2.75) is 12.0 Å². The number of fused-ring (bicyclic) bond motifs is 1. The van der Waals surface area contributed by atoms with E-state index in [0.717, 1.165) is 0 Å². The molecule has 1 N–H and O–H groups in total. The summed E-state index contributed by atoms with van der Waals surface area (Å²) in [5.74, 6) is 4.64. The molecule has 1 aromatic carbocycles. The fraction of sp³-hybridized carbons (Fsp3) is 0.238. The van der Waals surface area contributed by atoms with E-state index in [1.54, 1.807) is 48.2 Å². The Morgan fingerprint density at radius 1 is 1.38 bits per heavy atom. The summed E-state index contributed by atoms with van der Waals surface area (Å²) in [7, 11) is 2.93. The molecule has 1 unspecified atom stereocenters. The van der Waals surface area contributed by atoms with Gasteiger partial charge >= 0.3 is 5.97 Å². The number of ether oxygens (including phenoxy) is 1. The molecule has 4 rings (SSSR count). The van der Waals surface area contributed by atoms with Crippen LogP contribution in [0.25, 0.3) is 16.9 Å². The Morgan fingerprint density at radius 3 is 2.93 bits per heavy atom. The van der Waals surface area contributed by atoms with E-state index in [4.69, 9.17) is 4.74 Å². The molecule has 8 heteroatoms. The largest absolute Gasteiger partial charge is 0.464 e. The van der Waals surface area contributed by atoms with Crippen molar-refractivity contribution in [3.63, 3.8) is 0 Å². The Morgan fingerprint density at radius 2 is 2.21 bits per heavy atom. The molecule has 2 aromatic heterocycles. The summed E-state index contributed by atoms with van der Waals surface area (Å²) in [5, 5.41) is 10.5. The molecule has 0 spiro atoms. The molecular weight excluding hydrogens is 372 g/mol. The van der Waals surface area contributed by atoms with Crippen molar-refractivity contribution in [2.24, 2.45) is 0 Å². The van der Waals surface area contributed by atoms with E-state index in [1.165, 1.54) is 12.0 Å². The summed E-state index contributed by atoms with van der Waals surface area (Å²) in [4.78, 5) is 34.2. The molecule has 1 aliphatic rings. The Labute approximate surface area is 166 Å². The number of methoxy groups -OCH3 is 1. The standard InChI is InChI=1S/C21H18N4O4/c1-24-10-8-21(28,20(24)27)7-6-14-4-3-5-15(12-14)17-18-22-9-11-25(18)13-16(23-17)19(26)29-2/h3-5,9,11-13,28H,8,10H2,1-2H3. The highest BCUT2D eigenvalue weighted by atomic mass is 16.5. The zero-order valence-corrected chi connectivity index (χ0v) is 15.9. The molecule has 146 valence electrons. The Kier molecular flexibility index (Phi) is 4.53. The van der Waals surface area contributed by atoms with Crippen LogP contribution >= 0.6 is 0 Å². The molecule has 1 amide bonds. The lowest BCUT2D eigenvalue weighted by Crippen LogP contribution is -2.37. The van der Waals surface area contributed by atoms with Crippen LogP contribution < -0.4 is 0 Å². The topological polar surface area (TPSA) is 97.0 Å². The Hall–Kier alpha value is -3.70. The lowest BCUT2D eigenvalue weighted by molar-refractivity contribution is -0.137.